The van der Waals surface area contributed by atoms with E-state index < -0.39 is 28.5 Å². The summed E-state index contributed by atoms with van der Waals surface area (Å²) in [5.41, 5.74) is 3.67. The van der Waals surface area contributed by atoms with Crippen molar-refractivity contribution in [2.75, 3.05) is 17.4 Å². The highest BCUT2D eigenvalue weighted by atomic mass is 35.5. The number of rotatable bonds is 14. The second-order valence-electron chi connectivity index (χ2n) is 11.3. The second kappa shape index (κ2) is 16.1. The summed E-state index contributed by atoms with van der Waals surface area (Å²) >= 11 is 12.6. The zero-order valence-corrected chi connectivity index (χ0v) is 28.6. The van der Waals surface area contributed by atoms with Gasteiger partial charge >= 0.3 is 0 Å². The van der Waals surface area contributed by atoms with Gasteiger partial charge in [-0.2, -0.15) is 0 Å². The number of carbonyl (C=O) groups excluding carboxylic acids is 2. The molecule has 0 spiro atoms. The van der Waals surface area contributed by atoms with Crippen LogP contribution in [0.15, 0.2) is 102 Å². The van der Waals surface area contributed by atoms with E-state index in [1.165, 1.54) is 35.2 Å². The Hall–Kier alpha value is -3.85. The fraction of sp³-hybridized carbons (Fsp3) is 0.278. The van der Waals surface area contributed by atoms with Crippen LogP contribution in [0.1, 0.15) is 42.0 Å². The molecule has 7 nitrogen and oxygen atoms in total. The molecule has 242 valence electrons. The molecule has 2 amide bonds. The van der Waals surface area contributed by atoms with Crippen LogP contribution in [0.5, 0.6) is 0 Å². The van der Waals surface area contributed by atoms with E-state index in [1.54, 1.807) is 12.1 Å². The van der Waals surface area contributed by atoms with Crippen molar-refractivity contribution < 1.29 is 18.0 Å². The largest absolute Gasteiger partial charge is 0.354 e. The minimum atomic E-state index is -4.27. The number of halogens is 2. The maximum absolute atomic E-state index is 14.6. The van der Waals surface area contributed by atoms with E-state index in [4.69, 9.17) is 23.2 Å². The summed E-state index contributed by atoms with van der Waals surface area (Å²) in [5.74, 6) is -0.861. The Morgan fingerprint density at radius 3 is 2.11 bits per heavy atom. The van der Waals surface area contributed by atoms with Crippen molar-refractivity contribution in [3.8, 4) is 0 Å². The van der Waals surface area contributed by atoms with E-state index in [-0.39, 0.29) is 39.5 Å². The molecular formula is C36H39Cl2N3O4S. The van der Waals surface area contributed by atoms with Crippen LogP contribution in [0.2, 0.25) is 10.0 Å². The van der Waals surface area contributed by atoms with E-state index in [0.717, 1.165) is 39.4 Å². The highest BCUT2D eigenvalue weighted by Crippen LogP contribution is 2.30. The van der Waals surface area contributed by atoms with Gasteiger partial charge in [-0.25, -0.2) is 8.42 Å². The van der Waals surface area contributed by atoms with E-state index in [2.05, 4.69) is 5.32 Å². The van der Waals surface area contributed by atoms with Crippen LogP contribution in [-0.4, -0.2) is 44.3 Å². The van der Waals surface area contributed by atoms with Crippen molar-refractivity contribution in [1.82, 2.24) is 10.2 Å². The fourth-order valence-corrected chi connectivity index (χ4v) is 6.99. The Morgan fingerprint density at radius 2 is 1.48 bits per heavy atom. The number of benzene rings is 4. The molecule has 0 saturated carbocycles. The number of hydrogen-bond acceptors (Lipinski definition) is 4. The van der Waals surface area contributed by atoms with Crippen LogP contribution in [0.4, 0.5) is 5.69 Å². The summed E-state index contributed by atoms with van der Waals surface area (Å²) in [5, 5.41) is 3.43. The highest BCUT2D eigenvalue weighted by Gasteiger charge is 2.35. The average molecular weight is 681 g/mol. The third-order valence-corrected chi connectivity index (χ3v) is 9.95. The monoisotopic (exact) mass is 679 g/mol. The number of aryl methyl sites for hydroxylation is 2. The quantitative estimate of drug-likeness (QED) is 0.141. The summed E-state index contributed by atoms with van der Waals surface area (Å²) in [7, 11) is -4.27. The Labute approximate surface area is 282 Å². The minimum absolute atomic E-state index is 0.00518. The van der Waals surface area contributed by atoms with Crippen LogP contribution in [0, 0.1) is 13.8 Å². The first-order chi connectivity index (χ1) is 22.0. The van der Waals surface area contributed by atoms with Gasteiger partial charge in [-0.1, -0.05) is 109 Å². The lowest BCUT2D eigenvalue weighted by Gasteiger charge is -2.34. The zero-order chi connectivity index (χ0) is 33.3. The molecule has 0 aliphatic heterocycles. The molecule has 1 atom stereocenters. The van der Waals surface area contributed by atoms with Gasteiger partial charge in [0.15, 0.2) is 0 Å². The predicted molar refractivity (Wildman–Crippen MR) is 186 cm³/mol. The first-order valence-electron chi connectivity index (χ1n) is 15.2. The molecule has 4 aromatic rings. The van der Waals surface area contributed by atoms with Crippen LogP contribution < -0.4 is 9.62 Å². The molecular weight excluding hydrogens is 641 g/mol. The summed E-state index contributed by atoms with van der Waals surface area (Å²) in [6.45, 7) is 5.80. The Morgan fingerprint density at radius 1 is 0.848 bits per heavy atom. The van der Waals surface area contributed by atoms with Gasteiger partial charge in [0.2, 0.25) is 11.8 Å². The molecule has 4 aromatic carbocycles. The number of nitrogens with one attached hydrogen (secondary N) is 1. The van der Waals surface area contributed by atoms with Gasteiger partial charge in [0.05, 0.1) is 10.6 Å². The maximum Gasteiger partial charge on any atom is 0.264 e. The molecule has 0 heterocycles. The van der Waals surface area contributed by atoms with Crippen LogP contribution in [0.3, 0.4) is 0 Å². The fourth-order valence-electron chi connectivity index (χ4n) is 5.08. The molecule has 0 aliphatic rings. The standard InChI is InChI=1S/C36H39Cl2N3O4S/c1-4-5-19-39-36(43)34(20-28-12-7-6-8-13-28)40(24-29-14-10-9-11-27(29)3)35(42)25-41(32-22-30(37)21-31(38)23-32)46(44,45)33-17-15-26(2)16-18-33/h6-18,21-23,34H,4-5,19-20,24-25H2,1-3H3,(H,39,43)/t34-/m0/s1. The second-order valence-corrected chi connectivity index (χ2v) is 14.0. The summed E-state index contributed by atoms with van der Waals surface area (Å²) < 4.78 is 29.4. The number of hydrogen-bond donors (Lipinski definition) is 1. The number of nitrogens with zero attached hydrogens (tertiary/aromatic N) is 2. The van der Waals surface area contributed by atoms with E-state index in [9.17, 15) is 18.0 Å². The Kier molecular flexibility index (Phi) is 12.3. The molecule has 0 aromatic heterocycles. The molecule has 0 fully saturated rings. The number of anilines is 1. The first kappa shape index (κ1) is 35.0. The van der Waals surface area contributed by atoms with Crippen molar-refractivity contribution in [2.45, 2.75) is 57.5 Å². The van der Waals surface area contributed by atoms with Gasteiger partial charge < -0.3 is 10.2 Å². The average Bonchev–Trinajstić information content (AvgIpc) is 3.02. The molecule has 1 N–H and O–H groups in total. The summed E-state index contributed by atoms with van der Waals surface area (Å²) in [6.07, 6.45) is 1.92. The third kappa shape index (κ3) is 9.12. The molecule has 0 aliphatic carbocycles. The summed E-state index contributed by atoms with van der Waals surface area (Å²) in [4.78, 5) is 29.9. The van der Waals surface area contributed by atoms with Crippen molar-refractivity contribution in [1.29, 1.82) is 0 Å². The van der Waals surface area contributed by atoms with Gasteiger partial charge in [0.25, 0.3) is 10.0 Å². The zero-order valence-electron chi connectivity index (χ0n) is 26.2. The van der Waals surface area contributed by atoms with E-state index in [1.807, 2.05) is 75.4 Å². The van der Waals surface area contributed by atoms with Gasteiger partial charge in [-0.05, 0) is 67.3 Å². The Balaban J connectivity index is 1.82. The lowest BCUT2D eigenvalue weighted by atomic mass is 10.0. The molecule has 10 heteroatoms. The SMILES string of the molecule is CCCCNC(=O)[C@H](Cc1ccccc1)N(Cc1ccccc1C)C(=O)CN(c1cc(Cl)cc(Cl)c1)S(=O)(=O)c1ccc(C)cc1. The first-order valence-corrected chi connectivity index (χ1v) is 17.4. The van der Waals surface area contributed by atoms with Crippen LogP contribution in [0.25, 0.3) is 0 Å². The predicted octanol–water partition coefficient (Wildman–Crippen LogP) is 7.36. The molecule has 0 bridgehead atoms. The number of amides is 2. The van der Waals surface area contributed by atoms with Crippen molar-refractivity contribution in [2.24, 2.45) is 0 Å². The van der Waals surface area contributed by atoms with Crippen molar-refractivity contribution in [3.63, 3.8) is 0 Å². The Bertz CT molecular complexity index is 1730. The number of carbonyl (C=O) groups is 2. The van der Waals surface area contributed by atoms with Gasteiger partial charge in [-0.15, -0.1) is 0 Å². The number of unbranched alkanes of at least 4 members (excludes halogenated alkanes) is 1. The molecule has 0 unspecified atom stereocenters. The summed E-state index contributed by atoms with van der Waals surface area (Å²) in [6, 6.07) is 27.0. The van der Waals surface area contributed by atoms with Crippen molar-refractivity contribution in [3.05, 3.63) is 129 Å². The normalized spacial score (nSPS) is 11.9. The molecule has 0 radical (unpaired) electrons. The lowest BCUT2D eigenvalue weighted by Crippen LogP contribution is -2.53. The van der Waals surface area contributed by atoms with E-state index >= 15 is 0 Å². The maximum atomic E-state index is 14.6. The van der Waals surface area contributed by atoms with Gasteiger partial charge in [0.1, 0.15) is 12.6 Å². The lowest BCUT2D eigenvalue weighted by molar-refractivity contribution is -0.140. The van der Waals surface area contributed by atoms with Gasteiger partial charge in [0, 0.05) is 29.6 Å². The topological polar surface area (TPSA) is 86.8 Å². The van der Waals surface area contributed by atoms with E-state index in [0.29, 0.717) is 6.54 Å². The third-order valence-electron chi connectivity index (χ3n) is 7.73. The van der Waals surface area contributed by atoms with Crippen LogP contribution >= 0.6 is 23.2 Å². The number of sulfonamides is 1. The van der Waals surface area contributed by atoms with Gasteiger partial charge in [-0.3, -0.25) is 13.9 Å². The van der Waals surface area contributed by atoms with Crippen molar-refractivity contribution >= 4 is 50.7 Å². The highest BCUT2D eigenvalue weighted by molar-refractivity contribution is 7.92. The molecule has 0 saturated heterocycles. The smallest absolute Gasteiger partial charge is 0.264 e. The molecule has 4 rings (SSSR count). The van der Waals surface area contributed by atoms with Crippen LogP contribution in [-0.2, 0) is 32.6 Å². The minimum Gasteiger partial charge on any atom is -0.354 e. The molecule has 46 heavy (non-hydrogen) atoms.